The first-order valence-electron chi connectivity index (χ1n) is 7.76. The van der Waals surface area contributed by atoms with E-state index in [-0.39, 0.29) is 5.91 Å². The Balaban J connectivity index is 1.95. The van der Waals surface area contributed by atoms with Crippen LogP contribution in [-0.2, 0) is 21.2 Å². The van der Waals surface area contributed by atoms with Crippen LogP contribution in [0.3, 0.4) is 0 Å². The molecule has 6 heteroatoms. The van der Waals surface area contributed by atoms with E-state index in [4.69, 9.17) is 0 Å². The molecule has 0 heterocycles. The molecule has 1 aliphatic rings. The van der Waals surface area contributed by atoms with Crippen LogP contribution in [0.4, 0.5) is 5.69 Å². The summed E-state index contributed by atoms with van der Waals surface area (Å²) in [5.41, 5.74) is 1.82. The first-order valence-corrected chi connectivity index (χ1v) is 9.61. The number of hydrogen-bond acceptors (Lipinski definition) is 3. The summed E-state index contributed by atoms with van der Waals surface area (Å²) in [5.74, 6) is 0.0114. The number of nitrogens with one attached hydrogen (secondary N) is 1. The smallest absolute Gasteiger partial charge is 0.232 e. The summed E-state index contributed by atoms with van der Waals surface area (Å²) in [4.78, 5) is 11.7. The summed E-state index contributed by atoms with van der Waals surface area (Å²) >= 11 is 0. The normalized spacial score (nSPS) is 14.6. The second-order valence-corrected chi connectivity index (χ2v) is 7.71. The lowest BCUT2D eigenvalue weighted by molar-refractivity contribution is -0.121. The highest BCUT2D eigenvalue weighted by molar-refractivity contribution is 7.92. The van der Waals surface area contributed by atoms with Crippen molar-refractivity contribution in [2.75, 3.05) is 17.1 Å². The number of rotatable bonds is 8. The largest absolute Gasteiger partial charge is 0.353 e. The standard InChI is InChI=1S/C16H24N2O3S/c1-3-13-6-10-15(11-7-13)18(22(2,20)21)12-4-5-16(19)17-14-8-9-14/h6-7,10-11,14H,3-5,8-9,12H2,1-2H3,(H,17,19). The Morgan fingerprint density at radius 3 is 2.41 bits per heavy atom. The van der Waals surface area contributed by atoms with Crippen LogP contribution < -0.4 is 9.62 Å². The van der Waals surface area contributed by atoms with Gasteiger partial charge in [0, 0.05) is 19.0 Å². The third-order valence-electron chi connectivity index (χ3n) is 3.74. The van der Waals surface area contributed by atoms with Gasteiger partial charge >= 0.3 is 0 Å². The molecule has 1 N–H and O–H groups in total. The van der Waals surface area contributed by atoms with Crippen molar-refractivity contribution in [3.63, 3.8) is 0 Å². The Labute approximate surface area is 132 Å². The first kappa shape index (κ1) is 16.8. The van der Waals surface area contributed by atoms with Crippen LogP contribution in [0.15, 0.2) is 24.3 Å². The predicted molar refractivity (Wildman–Crippen MR) is 88.4 cm³/mol. The molecule has 1 amide bonds. The van der Waals surface area contributed by atoms with Crippen molar-refractivity contribution in [3.8, 4) is 0 Å². The molecule has 22 heavy (non-hydrogen) atoms. The molecule has 0 saturated heterocycles. The second kappa shape index (κ2) is 7.13. The average Bonchev–Trinajstić information content (AvgIpc) is 3.26. The van der Waals surface area contributed by atoms with Crippen LogP contribution in [0, 0.1) is 0 Å². The van der Waals surface area contributed by atoms with Gasteiger partial charge in [0.15, 0.2) is 0 Å². The molecular formula is C16H24N2O3S. The Bertz CT molecular complexity index is 607. The minimum absolute atomic E-state index is 0.0114. The molecule has 1 aromatic rings. The van der Waals surface area contributed by atoms with Gasteiger partial charge in [0.05, 0.1) is 11.9 Å². The molecular weight excluding hydrogens is 300 g/mol. The molecule has 0 spiro atoms. The summed E-state index contributed by atoms with van der Waals surface area (Å²) < 4.78 is 25.3. The van der Waals surface area contributed by atoms with Gasteiger partial charge in [0.1, 0.15) is 0 Å². The molecule has 1 aliphatic carbocycles. The molecule has 0 bridgehead atoms. The maximum Gasteiger partial charge on any atom is 0.232 e. The van der Waals surface area contributed by atoms with Gasteiger partial charge in [0.2, 0.25) is 15.9 Å². The third-order valence-corrected chi connectivity index (χ3v) is 4.93. The molecule has 122 valence electrons. The fourth-order valence-electron chi connectivity index (χ4n) is 2.30. The van der Waals surface area contributed by atoms with Crippen LogP contribution in [0.1, 0.15) is 38.2 Å². The van der Waals surface area contributed by atoms with Crippen molar-refractivity contribution in [1.29, 1.82) is 0 Å². The van der Waals surface area contributed by atoms with Gasteiger partial charge in [-0.25, -0.2) is 8.42 Å². The van der Waals surface area contributed by atoms with Gasteiger partial charge in [0.25, 0.3) is 0 Å². The number of sulfonamides is 1. The van der Waals surface area contributed by atoms with E-state index < -0.39 is 10.0 Å². The number of amides is 1. The summed E-state index contributed by atoms with van der Waals surface area (Å²) in [6.45, 7) is 2.38. The molecule has 1 aromatic carbocycles. The SMILES string of the molecule is CCc1ccc(N(CCCC(=O)NC2CC2)S(C)(=O)=O)cc1. The quantitative estimate of drug-likeness (QED) is 0.796. The second-order valence-electron chi connectivity index (χ2n) is 5.80. The summed E-state index contributed by atoms with van der Waals surface area (Å²) in [5, 5.41) is 2.91. The highest BCUT2D eigenvalue weighted by Crippen LogP contribution is 2.20. The summed E-state index contributed by atoms with van der Waals surface area (Å²) in [6.07, 6.45) is 5.11. The van der Waals surface area contributed by atoms with Crippen molar-refractivity contribution < 1.29 is 13.2 Å². The Kier molecular flexibility index (Phi) is 5.45. The zero-order valence-corrected chi connectivity index (χ0v) is 14.0. The Hall–Kier alpha value is -1.56. The van der Waals surface area contributed by atoms with Gasteiger partial charge in [-0.15, -0.1) is 0 Å². The molecule has 0 atom stereocenters. The van der Waals surface area contributed by atoms with Crippen molar-refractivity contribution >= 4 is 21.6 Å². The number of carbonyl (C=O) groups is 1. The molecule has 0 unspecified atom stereocenters. The van der Waals surface area contributed by atoms with Crippen LogP contribution in [0.25, 0.3) is 0 Å². The van der Waals surface area contributed by atoms with Crippen LogP contribution in [0.2, 0.25) is 0 Å². The molecule has 0 radical (unpaired) electrons. The molecule has 2 rings (SSSR count). The minimum Gasteiger partial charge on any atom is -0.353 e. The van der Waals surface area contributed by atoms with Crippen molar-refractivity contribution in [2.45, 2.75) is 45.1 Å². The van der Waals surface area contributed by atoms with E-state index >= 15 is 0 Å². The van der Waals surface area contributed by atoms with E-state index in [2.05, 4.69) is 12.2 Å². The Morgan fingerprint density at radius 1 is 1.27 bits per heavy atom. The van der Waals surface area contributed by atoms with Crippen LogP contribution >= 0.6 is 0 Å². The lowest BCUT2D eigenvalue weighted by Gasteiger charge is -2.22. The molecule has 5 nitrogen and oxygen atoms in total. The number of nitrogens with zero attached hydrogens (tertiary/aromatic N) is 1. The number of hydrogen-bond donors (Lipinski definition) is 1. The summed E-state index contributed by atoms with van der Waals surface area (Å²) in [7, 11) is -3.34. The van der Waals surface area contributed by atoms with Crippen molar-refractivity contribution in [2.24, 2.45) is 0 Å². The van der Waals surface area contributed by atoms with Gasteiger partial charge in [-0.1, -0.05) is 19.1 Å². The van der Waals surface area contributed by atoms with Gasteiger partial charge in [-0.3, -0.25) is 9.10 Å². The number of anilines is 1. The zero-order chi connectivity index (χ0) is 16.2. The average molecular weight is 324 g/mol. The Morgan fingerprint density at radius 2 is 1.91 bits per heavy atom. The van der Waals surface area contributed by atoms with Crippen molar-refractivity contribution in [1.82, 2.24) is 5.32 Å². The summed E-state index contributed by atoms with van der Waals surface area (Å²) in [6, 6.07) is 7.87. The number of carbonyl (C=O) groups excluding carboxylic acids is 1. The zero-order valence-electron chi connectivity index (χ0n) is 13.2. The van der Waals surface area contributed by atoms with E-state index in [0.717, 1.165) is 19.3 Å². The highest BCUT2D eigenvalue weighted by Gasteiger charge is 2.23. The number of benzene rings is 1. The van der Waals surface area contributed by atoms with Gasteiger partial charge in [-0.2, -0.15) is 0 Å². The lowest BCUT2D eigenvalue weighted by Crippen LogP contribution is -2.32. The molecule has 1 fully saturated rings. The monoisotopic (exact) mass is 324 g/mol. The van der Waals surface area contributed by atoms with Crippen LogP contribution in [0.5, 0.6) is 0 Å². The third kappa shape index (κ3) is 5.02. The van der Waals surface area contributed by atoms with E-state index in [0.29, 0.717) is 31.1 Å². The number of aryl methyl sites for hydroxylation is 1. The fraction of sp³-hybridized carbons (Fsp3) is 0.562. The fourth-order valence-corrected chi connectivity index (χ4v) is 3.26. The van der Waals surface area contributed by atoms with Gasteiger partial charge < -0.3 is 5.32 Å². The van der Waals surface area contributed by atoms with Gasteiger partial charge in [-0.05, 0) is 43.4 Å². The molecule has 0 aromatic heterocycles. The maximum absolute atomic E-state index is 12.0. The van der Waals surface area contributed by atoms with Crippen molar-refractivity contribution in [3.05, 3.63) is 29.8 Å². The van der Waals surface area contributed by atoms with E-state index in [1.165, 1.54) is 16.1 Å². The highest BCUT2D eigenvalue weighted by atomic mass is 32.2. The molecule has 0 aliphatic heterocycles. The predicted octanol–water partition coefficient (Wildman–Crippen LogP) is 2.07. The van der Waals surface area contributed by atoms with E-state index in [1.54, 1.807) is 0 Å². The maximum atomic E-state index is 12.0. The molecule has 1 saturated carbocycles. The first-order chi connectivity index (χ1) is 10.4. The lowest BCUT2D eigenvalue weighted by atomic mass is 10.1. The van der Waals surface area contributed by atoms with Crippen LogP contribution in [-0.4, -0.2) is 33.2 Å². The topological polar surface area (TPSA) is 66.5 Å². The minimum atomic E-state index is -3.34. The van der Waals surface area contributed by atoms with E-state index in [9.17, 15) is 13.2 Å². The van der Waals surface area contributed by atoms with E-state index in [1.807, 2.05) is 24.3 Å².